The molecule has 2 heteroatoms. The molecule has 0 aromatic heterocycles. The van der Waals surface area contributed by atoms with Crippen LogP contribution in [0, 0.1) is 13.8 Å². The van der Waals surface area contributed by atoms with Crippen molar-refractivity contribution in [2.24, 2.45) is 0 Å². The van der Waals surface area contributed by atoms with Crippen molar-refractivity contribution in [1.82, 2.24) is 5.32 Å². The normalized spacial score (nSPS) is 19.9. The van der Waals surface area contributed by atoms with Crippen molar-refractivity contribution in [2.75, 3.05) is 25.0 Å². The fraction of sp³-hybridized carbons (Fsp3) is 0.600. The van der Waals surface area contributed by atoms with Crippen LogP contribution in [0.3, 0.4) is 0 Å². The molecule has 2 nitrogen and oxygen atoms in total. The zero-order valence-corrected chi connectivity index (χ0v) is 11.3. The van der Waals surface area contributed by atoms with Gasteiger partial charge in [-0.25, -0.2) is 0 Å². The molecule has 1 aliphatic rings. The molecule has 0 radical (unpaired) electrons. The fourth-order valence-electron chi connectivity index (χ4n) is 2.89. The second-order valence-corrected chi connectivity index (χ2v) is 5.17. The average Bonchev–Trinajstić information content (AvgIpc) is 2.74. The van der Waals surface area contributed by atoms with E-state index in [2.05, 4.69) is 42.3 Å². The van der Waals surface area contributed by atoms with Crippen LogP contribution in [0.15, 0.2) is 18.2 Å². The number of nitrogens with zero attached hydrogens (tertiary/aromatic N) is 1. The highest BCUT2D eigenvalue weighted by Gasteiger charge is 2.24. The van der Waals surface area contributed by atoms with Crippen LogP contribution in [0.25, 0.3) is 0 Å². The maximum absolute atomic E-state index is 3.26. The van der Waals surface area contributed by atoms with Crippen LogP contribution in [0.1, 0.15) is 30.4 Å². The summed E-state index contributed by atoms with van der Waals surface area (Å²) in [6, 6.07) is 7.55. The maximum atomic E-state index is 3.26. The van der Waals surface area contributed by atoms with E-state index < -0.39 is 0 Å². The molecule has 2 rings (SSSR count). The summed E-state index contributed by atoms with van der Waals surface area (Å²) in [4.78, 5) is 2.60. The highest BCUT2D eigenvalue weighted by atomic mass is 15.2. The zero-order valence-electron chi connectivity index (χ0n) is 11.3. The fourth-order valence-corrected chi connectivity index (χ4v) is 2.89. The minimum absolute atomic E-state index is 0.726. The van der Waals surface area contributed by atoms with Crippen LogP contribution in [0.2, 0.25) is 0 Å². The van der Waals surface area contributed by atoms with Crippen molar-refractivity contribution < 1.29 is 0 Å². The first-order valence-electron chi connectivity index (χ1n) is 6.71. The lowest BCUT2D eigenvalue weighted by molar-refractivity contribution is 0.585. The van der Waals surface area contributed by atoms with E-state index in [1.54, 1.807) is 0 Å². The lowest BCUT2D eigenvalue weighted by atomic mass is 10.1. The molecule has 0 bridgehead atoms. The summed E-state index contributed by atoms with van der Waals surface area (Å²) < 4.78 is 0. The van der Waals surface area contributed by atoms with Crippen molar-refractivity contribution in [3.05, 3.63) is 29.3 Å². The third-order valence-corrected chi connectivity index (χ3v) is 3.77. The number of rotatable bonds is 4. The summed E-state index contributed by atoms with van der Waals surface area (Å²) in [5.41, 5.74) is 4.22. The molecule has 1 aromatic carbocycles. The van der Waals surface area contributed by atoms with Gasteiger partial charge in [-0.2, -0.15) is 0 Å². The summed E-state index contributed by atoms with van der Waals surface area (Å²) in [5.74, 6) is 0. The van der Waals surface area contributed by atoms with Gasteiger partial charge in [-0.15, -0.1) is 0 Å². The Morgan fingerprint density at radius 3 is 2.88 bits per heavy atom. The Bertz CT molecular complexity index is 373. The smallest absolute Gasteiger partial charge is 0.0398 e. The number of nitrogens with one attached hydrogen (secondary N) is 1. The molecule has 1 aromatic rings. The van der Waals surface area contributed by atoms with E-state index in [0.717, 1.165) is 12.6 Å². The SMILES string of the molecule is CNCCC1CCCN1c1ccc(C)cc1C. The molecule has 94 valence electrons. The first-order chi connectivity index (χ1) is 8.22. The summed E-state index contributed by atoms with van der Waals surface area (Å²) in [6.07, 6.45) is 3.93. The number of anilines is 1. The monoisotopic (exact) mass is 232 g/mol. The van der Waals surface area contributed by atoms with Gasteiger partial charge in [0.05, 0.1) is 0 Å². The molecule has 1 heterocycles. The van der Waals surface area contributed by atoms with Gasteiger partial charge in [0.2, 0.25) is 0 Å². The molecule has 0 saturated carbocycles. The Balaban J connectivity index is 2.14. The third kappa shape index (κ3) is 2.81. The van der Waals surface area contributed by atoms with Crippen LogP contribution in [0.5, 0.6) is 0 Å². The second-order valence-electron chi connectivity index (χ2n) is 5.17. The lowest BCUT2D eigenvalue weighted by Crippen LogP contribution is -2.32. The van der Waals surface area contributed by atoms with Crippen molar-refractivity contribution >= 4 is 5.69 Å². The predicted octanol–water partition coefficient (Wildman–Crippen LogP) is 2.88. The van der Waals surface area contributed by atoms with E-state index in [1.807, 2.05) is 7.05 Å². The van der Waals surface area contributed by atoms with E-state index in [1.165, 1.54) is 42.6 Å². The van der Waals surface area contributed by atoms with Gasteiger partial charge < -0.3 is 10.2 Å². The highest BCUT2D eigenvalue weighted by molar-refractivity contribution is 5.55. The summed E-state index contributed by atoms with van der Waals surface area (Å²) >= 11 is 0. The van der Waals surface area contributed by atoms with E-state index in [9.17, 15) is 0 Å². The second kappa shape index (κ2) is 5.54. The van der Waals surface area contributed by atoms with Crippen LogP contribution >= 0.6 is 0 Å². The Hall–Kier alpha value is -1.02. The molecule has 1 atom stereocenters. The van der Waals surface area contributed by atoms with Gasteiger partial charge in [0.25, 0.3) is 0 Å². The van der Waals surface area contributed by atoms with Gasteiger partial charge in [0.1, 0.15) is 0 Å². The molecule has 1 fully saturated rings. The quantitative estimate of drug-likeness (QED) is 0.858. The minimum atomic E-state index is 0.726. The molecule has 0 amide bonds. The molecule has 0 aliphatic carbocycles. The number of hydrogen-bond acceptors (Lipinski definition) is 2. The van der Waals surface area contributed by atoms with Gasteiger partial charge >= 0.3 is 0 Å². The lowest BCUT2D eigenvalue weighted by Gasteiger charge is -2.28. The first kappa shape index (κ1) is 12.4. The molecular weight excluding hydrogens is 208 g/mol. The Kier molecular flexibility index (Phi) is 4.06. The molecular formula is C15H24N2. The zero-order chi connectivity index (χ0) is 12.3. The Morgan fingerprint density at radius 1 is 1.35 bits per heavy atom. The van der Waals surface area contributed by atoms with Crippen molar-refractivity contribution in [3.8, 4) is 0 Å². The first-order valence-corrected chi connectivity index (χ1v) is 6.71. The standard InChI is InChI=1S/C15H24N2/c1-12-6-7-15(13(2)11-12)17-10-4-5-14(17)8-9-16-3/h6-7,11,14,16H,4-5,8-10H2,1-3H3. The number of benzene rings is 1. The molecule has 0 spiro atoms. The molecule has 1 saturated heterocycles. The number of hydrogen-bond donors (Lipinski definition) is 1. The number of aryl methyl sites for hydroxylation is 2. The maximum Gasteiger partial charge on any atom is 0.0398 e. The van der Waals surface area contributed by atoms with Gasteiger partial charge in [-0.1, -0.05) is 17.7 Å². The van der Waals surface area contributed by atoms with Gasteiger partial charge in [-0.3, -0.25) is 0 Å². The van der Waals surface area contributed by atoms with Crippen molar-refractivity contribution in [1.29, 1.82) is 0 Å². The van der Waals surface area contributed by atoms with Crippen LogP contribution < -0.4 is 10.2 Å². The van der Waals surface area contributed by atoms with Crippen LogP contribution in [-0.2, 0) is 0 Å². The average molecular weight is 232 g/mol. The van der Waals surface area contributed by atoms with Gasteiger partial charge in [0, 0.05) is 18.3 Å². The van der Waals surface area contributed by atoms with Crippen molar-refractivity contribution in [2.45, 2.75) is 39.2 Å². The highest BCUT2D eigenvalue weighted by Crippen LogP contribution is 2.30. The van der Waals surface area contributed by atoms with E-state index in [4.69, 9.17) is 0 Å². The molecule has 1 aliphatic heterocycles. The minimum Gasteiger partial charge on any atom is -0.368 e. The van der Waals surface area contributed by atoms with E-state index >= 15 is 0 Å². The summed E-state index contributed by atoms with van der Waals surface area (Å²) in [6.45, 7) is 6.74. The predicted molar refractivity (Wildman–Crippen MR) is 74.8 cm³/mol. The largest absolute Gasteiger partial charge is 0.368 e. The summed E-state index contributed by atoms with van der Waals surface area (Å²) in [7, 11) is 2.04. The summed E-state index contributed by atoms with van der Waals surface area (Å²) in [5, 5.41) is 3.26. The Morgan fingerprint density at radius 2 is 2.18 bits per heavy atom. The van der Waals surface area contributed by atoms with E-state index in [0.29, 0.717) is 0 Å². The Labute approximate surface area is 105 Å². The van der Waals surface area contributed by atoms with Crippen LogP contribution in [-0.4, -0.2) is 26.2 Å². The van der Waals surface area contributed by atoms with Gasteiger partial charge in [0.15, 0.2) is 0 Å². The van der Waals surface area contributed by atoms with Crippen molar-refractivity contribution in [3.63, 3.8) is 0 Å². The van der Waals surface area contributed by atoms with Gasteiger partial charge in [-0.05, 0) is 58.3 Å². The molecule has 1 N–H and O–H groups in total. The molecule has 1 unspecified atom stereocenters. The van der Waals surface area contributed by atoms with Crippen LogP contribution in [0.4, 0.5) is 5.69 Å². The van der Waals surface area contributed by atoms with E-state index in [-0.39, 0.29) is 0 Å². The topological polar surface area (TPSA) is 15.3 Å². The third-order valence-electron chi connectivity index (χ3n) is 3.77. The molecule has 17 heavy (non-hydrogen) atoms.